The lowest BCUT2D eigenvalue weighted by atomic mass is 10.1. The molecule has 0 radical (unpaired) electrons. The van der Waals surface area contributed by atoms with E-state index in [1.165, 1.54) is 9.19 Å². The Morgan fingerprint density at radius 3 is 2.69 bits per heavy atom. The van der Waals surface area contributed by atoms with Crippen molar-refractivity contribution in [3.8, 4) is 11.8 Å². The van der Waals surface area contributed by atoms with E-state index in [-0.39, 0.29) is 16.9 Å². The summed E-state index contributed by atoms with van der Waals surface area (Å²) in [4.78, 5) is 35.9. The van der Waals surface area contributed by atoms with Crippen LogP contribution in [0.5, 0.6) is 0 Å². The second kappa shape index (κ2) is 9.23. The zero-order valence-electron chi connectivity index (χ0n) is 19.6. The van der Waals surface area contributed by atoms with Crippen molar-refractivity contribution in [2.75, 3.05) is 11.2 Å². The van der Waals surface area contributed by atoms with Crippen LogP contribution in [0.25, 0.3) is 16.6 Å². The first-order valence-corrected chi connectivity index (χ1v) is 11.2. The minimum Gasteiger partial charge on any atom is -0.381 e. The standard InChI is InChI=1S/C26H22N8O2/c1-3-9-17-10-7-13-19-20(17)26(36)34(31-18-11-5-4-6-12-18)23(30-19)16(2)29-25(35)21-22(27)32-33-15-8-14-28-24(21)33/h4-8,10-16,31H,1-2H3,(H2,27,32)(H,29,35)/t16-/m1/s1. The number of hydrogen-bond acceptors (Lipinski definition) is 7. The van der Waals surface area contributed by atoms with Crippen molar-refractivity contribution < 1.29 is 4.79 Å². The molecule has 0 saturated carbocycles. The predicted molar refractivity (Wildman–Crippen MR) is 137 cm³/mol. The van der Waals surface area contributed by atoms with Crippen LogP contribution in [-0.2, 0) is 0 Å². The Morgan fingerprint density at radius 1 is 1.11 bits per heavy atom. The van der Waals surface area contributed by atoms with E-state index in [2.05, 4.69) is 32.7 Å². The maximum Gasteiger partial charge on any atom is 0.281 e. The number of carbonyl (C=O) groups is 1. The summed E-state index contributed by atoms with van der Waals surface area (Å²) >= 11 is 0. The molecule has 10 heteroatoms. The first-order chi connectivity index (χ1) is 17.5. The highest BCUT2D eigenvalue weighted by Gasteiger charge is 2.24. The van der Waals surface area contributed by atoms with Gasteiger partial charge in [0, 0.05) is 18.0 Å². The van der Waals surface area contributed by atoms with Crippen LogP contribution in [0.1, 0.15) is 41.6 Å². The lowest BCUT2D eigenvalue weighted by Crippen LogP contribution is -2.37. The monoisotopic (exact) mass is 478 g/mol. The summed E-state index contributed by atoms with van der Waals surface area (Å²) in [6.45, 7) is 3.44. The summed E-state index contributed by atoms with van der Waals surface area (Å²) in [6.07, 6.45) is 3.21. The number of hydrogen-bond donors (Lipinski definition) is 3. The third-order valence-electron chi connectivity index (χ3n) is 5.58. The quantitative estimate of drug-likeness (QED) is 0.331. The molecule has 0 spiro atoms. The van der Waals surface area contributed by atoms with Crippen molar-refractivity contribution in [2.24, 2.45) is 0 Å². The Morgan fingerprint density at radius 2 is 1.92 bits per heavy atom. The summed E-state index contributed by atoms with van der Waals surface area (Å²) in [5, 5.41) is 7.41. The first-order valence-electron chi connectivity index (χ1n) is 11.2. The molecule has 0 bridgehead atoms. The molecule has 2 aromatic carbocycles. The number of nitrogens with two attached hydrogens (primary N) is 1. The Balaban J connectivity index is 1.62. The van der Waals surface area contributed by atoms with Crippen LogP contribution in [-0.4, -0.2) is 30.2 Å². The Bertz CT molecular complexity index is 1730. The average molecular weight is 479 g/mol. The minimum absolute atomic E-state index is 0.0486. The molecule has 10 nitrogen and oxygen atoms in total. The molecule has 1 amide bonds. The van der Waals surface area contributed by atoms with Crippen LogP contribution in [0.4, 0.5) is 11.5 Å². The summed E-state index contributed by atoms with van der Waals surface area (Å²) in [5.41, 5.74) is 11.0. The van der Waals surface area contributed by atoms with Crippen LogP contribution in [0.15, 0.2) is 71.8 Å². The summed E-state index contributed by atoms with van der Waals surface area (Å²) < 4.78 is 2.77. The van der Waals surface area contributed by atoms with E-state index in [9.17, 15) is 9.59 Å². The third kappa shape index (κ3) is 3.99. The number of carbonyl (C=O) groups excluding carboxylic acids is 1. The highest BCUT2D eigenvalue weighted by atomic mass is 16.2. The highest BCUT2D eigenvalue weighted by Crippen LogP contribution is 2.20. The van der Waals surface area contributed by atoms with E-state index in [1.807, 2.05) is 30.3 Å². The van der Waals surface area contributed by atoms with Crippen molar-refractivity contribution in [3.63, 3.8) is 0 Å². The van der Waals surface area contributed by atoms with E-state index < -0.39 is 11.9 Å². The van der Waals surface area contributed by atoms with Crippen LogP contribution in [0.2, 0.25) is 0 Å². The summed E-state index contributed by atoms with van der Waals surface area (Å²) in [7, 11) is 0. The largest absolute Gasteiger partial charge is 0.381 e. The topological polar surface area (TPSA) is 132 Å². The zero-order valence-corrected chi connectivity index (χ0v) is 19.6. The maximum absolute atomic E-state index is 13.7. The molecule has 1 atom stereocenters. The average Bonchev–Trinajstić information content (AvgIpc) is 3.22. The number of nitrogens with one attached hydrogen (secondary N) is 2. The van der Waals surface area contributed by atoms with Crippen molar-refractivity contribution >= 4 is 34.0 Å². The van der Waals surface area contributed by atoms with Gasteiger partial charge in [0.25, 0.3) is 11.5 Å². The minimum atomic E-state index is -0.690. The van der Waals surface area contributed by atoms with E-state index >= 15 is 0 Å². The van der Waals surface area contributed by atoms with E-state index in [1.54, 1.807) is 50.5 Å². The third-order valence-corrected chi connectivity index (χ3v) is 5.58. The number of anilines is 2. The molecule has 0 unspecified atom stereocenters. The number of aromatic nitrogens is 5. The van der Waals surface area contributed by atoms with Gasteiger partial charge in [0.15, 0.2) is 17.3 Å². The lowest BCUT2D eigenvalue weighted by Gasteiger charge is -2.20. The number of benzene rings is 2. The molecule has 4 N–H and O–H groups in total. The van der Waals surface area contributed by atoms with Crippen molar-refractivity contribution in [1.29, 1.82) is 0 Å². The molecule has 36 heavy (non-hydrogen) atoms. The molecule has 5 aromatic rings. The normalized spacial score (nSPS) is 11.6. The van der Waals surface area contributed by atoms with Crippen LogP contribution in [0, 0.1) is 11.8 Å². The molecule has 3 heterocycles. The SMILES string of the molecule is CC#Cc1cccc2nc([C@@H](C)NC(=O)c3c(N)nn4cccnc34)n(Nc3ccccc3)c(=O)c12. The molecule has 0 aliphatic carbocycles. The van der Waals surface area contributed by atoms with Gasteiger partial charge in [0.2, 0.25) is 0 Å². The van der Waals surface area contributed by atoms with Gasteiger partial charge in [-0.3, -0.25) is 15.0 Å². The number of amides is 1. The molecule has 5 rings (SSSR count). The molecule has 0 saturated heterocycles. The lowest BCUT2D eigenvalue weighted by molar-refractivity contribution is 0.0940. The van der Waals surface area contributed by atoms with E-state index in [4.69, 9.17) is 10.7 Å². The summed E-state index contributed by atoms with van der Waals surface area (Å²) in [5.74, 6) is 5.68. The maximum atomic E-state index is 13.7. The molecule has 3 aromatic heterocycles. The molecular weight excluding hydrogens is 456 g/mol. The Kier molecular flexibility index (Phi) is 5.80. The van der Waals surface area contributed by atoms with Gasteiger partial charge in [0.05, 0.1) is 22.6 Å². The van der Waals surface area contributed by atoms with Gasteiger partial charge >= 0.3 is 0 Å². The van der Waals surface area contributed by atoms with E-state index in [0.29, 0.717) is 33.6 Å². The van der Waals surface area contributed by atoms with Crippen molar-refractivity contribution in [1.82, 2.24) is 29.6 Å². The van der Waals surface area contributed by atoms with Gasteiger partial charge in [0.1, 0.15) is 5.56 Å². The van der Waals surface area contributed by atoms with Gasteiger partial charge in [-0.15, -0.1) is 11.0 Å². The first kappa shape index (κ1) is 22.6. The fourth-order valence-electron chi connectivity index (χ4n) is 3.98. The van der Waals surface area contributed by atoms with Gasteiger partial charge in [-0.25, -0.2) is 19.2 Å². The fourth-order valence-corrected chi connectivity index (χ4v) is 3.98. The number of nitrogens with zero attached hydrogens (tertiary/aromatic N) is 5. The summed E-state index contributed by atoms with van der Waals surface area (Å²) in [6, 6.07) is 15.5. The van der Waals surface area contributed by atoms with Crippen LogP contribution in [0.3, 0.4) is 0 Å². The van der Waals surface area contributed by atoms with Crippen molar-refractivity contribution in [3.05, 3.63) is 94.3 Å². The zero-order chi connectivity index (χ0) is 25.2. The predicted octanol–water partition coefficient (Wildman–Crippen LogP) is 2.76. The number of para-hydroxylation sites is 1. The van der Waals surface area contributed by atoms with Crippen LogP contribution >= 0.6 is 0 Å². The molecule has 0 aliphatic heterocycles. The number of fused-ring (bicyclic) bond motifs is 2. The Labute approximate surface area is 205 Å². The van der Waals surface area contributed by atoms with Gasteiger partial charge in [-0.05, 0) is 44.2 Å². The highest BCUT2D eigenvalue weighted by molar-refractivity contribution is 6.04. The van der Waals surface area contributed by atoms with Crippen molar-refractivity contribution in [2.45, 2.75) is 19.9 Å². The molecule has 0 fully saturated rings. The second-order valence-electron chi connectivity index (χ2n) is 8.01. The van der Waals surface area contributed by atoms with E-state index in [0.717, 1.165) is 0 Å². The van der Waals surface area contributed by atoms with Gasteiger partial charge < -0.3 is 11.1 Å². The van der Waals surface area contributed by atoms with Crippen LogP contribution < -0.4 is 22.0 Å². The smallest absolute Gasteiger partial charge is 0.281 e. The fraction of sp³-hybridized carbons (Fsp3) is 0.115. The van der Waals surface area contributed by atoms with Gasteiger partial charge in [-0.2, -0.15) is 0 Å². The molecular formula is C26H22N8O2. The Hall–Kier alpha value is -5.17. The number of nitrogen functional groups attached to an aromatic ring is 1. The van der Waals surface area contributed by atoms with Gasteiger partial charge in [-0.1, -0.05) is 30.2 Å². The number of rotatable bonds is 5. The molecule has 178 valence electrons. The molecule has 0 aliphatic rings. The second-order valence-corrected chi connectivity index (χ2v) is 8.01.